The molecule has 0 atom stereocenters. The molecular weight excluding hydrogens is 264 g/mol. The van der Waals surface area contributed by atoms with E-state index < -0.39 is 0 Å². The van der Waals surface area contributed by atoms with Gasteiger partial charge in [0.2, 0.25) is 0 Å². The van der Waals surface area contributed by atoms with Crippen molar-refractivity contribution in [2.75, 3.05) is 32.4 Å². The van der Waals surface area contributed by atoms with Crippen LogP contribution in [0.15, 0.2) is 12.3 Å². The number of nitrogens with one attached hydrogen (secondary N) is 1. The number of likely N-dealkylation sites (tertiary alicyclic amines) is 1. The Labute approximate surface area is 127 Å². The van der Waals surface area contributed by atoms with E-state index in [1.54, 1.807) is 6.07 Å². The van der Waals surface area contributed by atoms with Crippen molar-refractivity contribution in [1.82, 2.24) is 14.8 Å². The molecule has 0 bridgehead atoms. The lowest BCUT2D eigenvalue weighted by Crippen LogP contribution is -2.43. The number of carbonyl (C=O) groups is 1. The fourth-order valence-corrected chi connectivity index (χ4v) is 2.83. The molecule has 5 nitrogen and oxygen atoms in total. The van der Waals surface area contributed by atoms with Gasteiger partial charge in [-0.1, -0.05) is 6.92 Å². The third kappa shape index (κ3) is 3.79. The number of rotatable bonds is 4. The van der Waals surface area contributed by atoms with Crippen molar-refractivity contribution in [2.24, 2.45) is 5.41 Å². The second-order valence-corrected chi connectivity index (χ2v) is 6.96. The van der Waals surface area contributed by atoms with Crippen LogP contribution in [0.4, 0.5) is 5.69 Å². The van der Waals surface area contributed by atoms with Gasteiger partial charge in [-0.25, -0.2) is 0 Å². The molecule has 1 amide bonds. The van der Waals surface area contributed by atoms with Crippen molar-refractivity contribution < 1.29 is 4.79 Å². The maximum Gasteiger partial charge on any atom is 0.268 e. The van der Waals surface area contributed by atoms with Crippen molar-refractivity contribution in [3.05, 3.63) is 18.0 Å². The number of aromatic nitrogens is 1. The van der Waals surface area contributed by atoms with Crippen molar-refractivity contribution >= 4 is 11.6 Å². The average molecular weight is 292 g/mol. The largest absolute Gasteiger partial charge is 0.397 e. The molecule has 118 valence electrons. The molecule has 2 rings (SSSR count). The molecule has 0 spiro atoms. The van der Waals surface area contributed by atoms with Crippen molar-refractivity contribution in [3.63, 3.8) is 0 Å². The minimum atomic E-state index is -0.0273. The van der Waals surface area contributed by atoms with Gasteiger partial charge >= 0.3 is 0 Å². The summed E-state index contributed by atoms with van der Waals surface area (Å²) in [6.45, 7) is 9.28. The standard InChI is InChI=1S/C16H28N4O/c1-12(2)20-10-13(17)9-14(20)15(21)18-11-16(3)5-7-19(4)8-6-16/h9-10,12H,5-8,11,17H2,1-4H3,(H,18,21). The Morgan fingerprint density at radius 3 is 2.62 bits per heavy atom. The summed E-state index contributed by atoms with van der Waals surface area (Å²) in [6.07, 6.45) is 4.07. The number of amides is 1. The first kappa shape index (κ1) is 15.9. The zero-order valence-corrected chi connectivity index (χ0v) is 13.6. The van der Waals surface area contributed by atoms with Gasteiger partial charge in [-0.3, -0.25) is 4.79 Å². The molecule has 3 N–H and O–H groups in total. The predicted molar refractivity (Wildman–Crippen MR) is 86.4 cm³/mol. The third-order valence-electron chi connectivity index (χ3n) is 4.53. The first-order valence-corrected chi connectivity index (χ1v) is 7.75. The number of hydrogen-bond acceptors (Lipinski definition) is 3. The molecule has 1 aliphatic heterocycles. The maximum absolute atomic E-state index is 12.4. The Kier molecular flexibility index (Phi) is 4.61. The van der Waals surface area contributed by atoms with Gasteiger partial charge in [0.15, 0.2) is 0 Å². The van der Waals surface area contributed by atoms with E-state index in [-0.39, 0.29) is 17.4 Å². The molecule has 1 aromatic rings. The smallest absolute Gasteiger partial charge is 0.268 e. The van der Waals surface area contributed by atoms with Gasteiger partial charge in [0.05, 0.1) is 5.69 Å². The minimum absolute atomic E-state index is 0.0273. The highest BCUT2D eigenvalue weighted by Gasteiger charge is 2.29. The van der Waals surface area contributed by atoms with E-state index in [0.717, 1.165) is 32.5 Å². The quantitative estimate of drug-likeness (QED) is 0.893. The van der Waals surface area contributed by atoms with Crippen molar-refractivity contribution in [3.8, 4) is 0 Å². The zero-order chi connectivity index (χ0) is 15.6. The molecule has 0 saturated carbocycles. The fourth-order valence-electron chi connectivity index (χ4n) is 2.83. The third-order valence-corrected chi connectivity index (χ3v) is 4.53. The molecule has 0 aliphatic carbocycles. The Morgan fingerprint density at radius 1 is 1.43 bits per heavy atom. The number of nitrogens with zero attached hydrogens (tertiary/aromatic N) is 2. The normalized spacial score (nSPS) is 18.9. The number of nitrogen functional groups attached to an aromatic ring is 1. The summed E-state index contributed by atoms with van der Waals surface area (Å²) >= 11 is 0. The van der Waals surface area contributed by atoms with E-state index in [1.807, 2.05) is 10.8 Å². The van der Waals surface area contributed by atoms with Crippen LogP contribution < -0.4 is 11.1 Å². The highest BCUT2D eigenvalue weighted by molar-refractivity contribution is 5.93. The summed E-state index contributed by atoms with van der Waals surface area (Å²) in [5.74, 6) is -0.0273. The van der Waals surface area contributed by atoms with Gasteiger partial charge in [0.1, 0.15) is 5.69 Å². The molecule has 1 aliphatic rings. The maximum atomic E-state index is 12.4. The average Bonchev–Trinajstić information content (AvgIpc) is 2.82. The molecule has 21 heavy (non-hydrogen) atoms. The van der Waals surface area contributed by atoms with Crippen LogP contribution in [0, 0.1) is 5.41 Å². The van der Waals surface area contributed by atoms with E-state index in [1.165, 1.54) is 0 Å². The number of hydrogen-bond donors (Lipinski definition) is 2. The lowest BCUT2D eigenvalue weighted by Gasteiger charge is -2.38. The van der Waals surface area contributed by atoms with Crippen LogP contribution in [0.5, 0.6) is 0 Å². The second-order valence-electron chi connectivity index (χ2n) is 6.96. The summed E-state index contributed by atoms with van der Waals surface area (Å²) in [5, 5.41) is 3.10. The minimum Gasteiger partial charge on any atom is -0.397 e. The van der Waals surface area contributed by atoms with Crippen LogP contribution in [0.1, 0.15) is 50.1 Å². The van der Waals surface area contributed by atoms with E-state index >= 15 is 0 Å². The fraction of sp³-hybridized carbons (Fsp3) is 0.688. The lowest BCUT2D eigenvalue weighted by atomic mass is 9.80. The Bertz CT molecular complexity index is 498. The van der Waals surface area contributed by atoms with Gasteiger partial charge in [-0.05, 0) is 58.3 Å². The van der Waals surface area contributed by atoms with Gasteiger partial charge in [-0.2, -0.15) is 0 Å². The lowest BCUT2D eigenvalue weighted by molar-refractivity contribution is 0.0881. The molecule has 0 radical (unpaired) electrons. The molecule has 0 aromatic carbocycles. The SMILES string of the molecule is CC(C)n1cc(N)cc1C(=O)NCC1(C)CCN(C)CC1. The van der Waals surface area contributed by atoms with E-state index in [4.69, 9.17) is 5.73 Å². The first-order chi connectivity index (χ1) is 9.81. The number of carbonyl (C=O) groups excluding carboxylic acids is 1. The summed E-state index contributed by atoms with van der Waals surface area (Å²) in [6, 6.07) is 1.98. The summed E-state index contributed by atoms with van der Waals surface area (Å²) in [4.78, 5) is 14.8. The van der Waals surface area contributed by atoms with Gasteiger partial charge < -0.3 is 20.5 Å². The van der Waals surface area contributed by atoms with Gasteiger partial charge in [0, 0.05) is 18.8 Å². The first-order valence-electron chi connectivity index (χ1n) is 7.75. The molecular formula is C16H28N4O. The summed E-state index contributed by atoms with van der Waals surface area (Å²) < 4.78 is 1.93. The van der Waals surface area contributed by atoms with E-state index in [9.17, 15) is 4.79 Å². The summed E-state index contributed by atoms with van der Waals surface area (Å²) in [7, 11) is 2.15. The van der Waals surface area contributed by atoms with Crippen LogP contribution >= 0.6 is 0 Å². The number of nitrogens with two attached hydrogens (primary N) is 1. The molecule has 0 unspecified atom stereocenters. The van der Waals surface area contributed by atoms with Crippen molar-refractivity contribution in [1.29, 1.82) is 0 Å². The highest BCUT2D eigenvalue weighted by atomic mass is 16.1. The van der Waals surface area contributed by atoms with Crippen LogP contribution in [-0.4, -0.2) is 42.1 Å². The van der Waals surface area contributed by atoms with Crippen LogP contribution in [0.3, 0.4) is 0 Å². The molecule has 5 heteroatoms. The van der Waals surface area contributed by atoms with E-state index in [2.05, 4.69) is 38.0 Å². The Balaban J connectivity index is 1.99. The number of piperidine rings is 1. The summed E-state index contributed by atoms with van der Waals surface area (Å²) in [5.41, 5.74) is 7.32. The molecule has 2 heterocycles. The zero-order valence-electron chi connectivity index (χ0n) is 13.6. The van der Waals surface area contributed by atoms with Crippen molar-refractivity contribution in [2.45, 2.75) is 39.7 Å². The molecule has 1 aromatic heterocycles. The van der Waals surface area contributed by atoms with Gasteiger partial charge in [0.25, 0.3) is 5.91 Å². The monoisotopic (exact) mass is 292 g/mol. The van der Waals surface area contributed by atoms with E-state index in [0.29, 0.717) is 11.4 Å². The van der Waals surface area contributed by atoms with Crippen LogP contribution in [0.25, 0.3) is 0 Å². The highest BCUT2D eigenvalue weighted by Crippen LogP contribution is 2.29. The Morgan fingerprint density at radius 2 is 2.05 bits per heavy atom. The number of anilines is 1. The molecule has 1 fully saturated rings. The topological polar surface area (TPSA) is 63.3 Å². The second kappa shape index (κ2) is 6.10. The van der Waals surface area contributed by atoms with Crippen LogP contribution in [-0.2, 0) is 0 Å². The molecule has 1 saturated heterocycles. The van der Waals surface area contributed by atoms with Crippen LogP contribution in [0.2, 0.25) is 0 Å². The Hall–Kier alpha value is -1.49. The van der Waals surface area contributed by atoms with Gasteiger partial charge in [-0.15, -0.1) is 0 Å². The predicted octanol–water partition coefficient (Wildman–Crippen LogP) is 2.11.